The lowest BCUT2D eigenvalue weighted by Crippen LogP contribution is -2.37. The highest BCUT2D eigenvalue weighted by Crippen LogP contribution is 2.62. The first-order chi connectivity index (χ1) is 13.1. The van der Waals surface area contributed by atoms with Gasteiger partial charge in [-0.05, 0) is 61.3 Å². The number of amides is 1. The van der Waals surface area contributed by atoms with Gasteiger partial charge in [0.1, 0.15) is 5.69 Å². The Morgan fingerprint density at radius 2 is 2.04 bits per heavy atom. The van der Waals surface area contributed by atoms with Gasteiger partial charge in [0.15, 0.2) is 0 Å². The molecule has 1 unspecified atom stereocenters. The highest BCUT2D eigenvalue weighted by Gasteiger charge is 2.59. The van der Waals surface area contributed by atoms with Crippen LogP contribution in [0.25, 0.3) is 0 Å². The highest BCUT2D eigenvalue weighted by atomic mass is 35.5. The lowest BCUT2D eigenvalue weighted by atomic mass is 9.99. The number of rotatable bonds is 7. The standard InChI is InChI=1S/C20H25ClN4O2/c1-3-18(22-20(26)12-4-6-13(21)7-5-12)19-16-8-15(9-17(16)19)25-10-14(11-27-2)23-24-25/h4-7,10,15-19H,3,8-9,11H2,1-2H3,(H,22,26)/t15-,16+,17-,18?,19-. The molecule has 144 valence electrons. The SMILES string of the molecule is CCC(NC(=O)c1ccc(Cl)cc1)[C@H]1[C@@H]2C[C@H](n3cc(COC)nn3)C[C@@H]21. The van der Waals surface area contributed by atoms with E-state index < -0.39 is 0 Å². The summed E-state index contributed by atoms with van der Waals surface area (Å²) in [6.45, 7) is 2.64. The molecule has 5 atom stereocenters. The molecule has 2 aliphatic rings. The van der Waals surface area contributed by atoms with Gasteiger partial charge >= 0.3 is 0 Å². The van der Waals surface area contributed by atoms with Gasteiger partial charge in [-0.15, -0.1) is 5.10 Å². The molecule has 27 heavy (non-hydrogen) atoms. The van der Waals surface area contributed by atoms with Crippen molar-refractivity contribution in [3.05, 3.63) is 46.7 Å². The van der Waals surface area contributed by atoms with E-state index in [0.29, 0.717) is 41.0 Å². The molecule has 2 aromatic rings. The van der Waals surface area contributed by atoms with Gasteiger partial charge in [0, 0.05) is 23.7 Å². The number of nitrogens with one attached hydrogen (secondary N) is 1. The van der Waals surface area contributed by atoms with Gasteiger partial charge in [0.05, 0.1) is 18.8 Å². The summed E-state index contributed by atoms with van der Waals surface area (Å²) in [6.07, 6.45) is 5.16. The fraction of sp³-hybridized carbons (Fsp3) is 0.550. The first-order valence-electron chi connectivity index (χ1n) is 9.56. The minimum atomic E-state index is -0.0134. The van der Waals surface area contributed by atoms with Crippen LogP contribution in [0.1, 0.15) is 48.3 Å². The number of ether oxygens (including phenoxy) is 1. The highest BCUT2D eigenvalue weighted by molar-refractivity contribution is 6.30. The number of carbonyl (C=O) groups excluding carboxylic acids is 1. The van der Waals surface area contributed by atoms with Crippen LogP contribution < -0.4 is 5.32 Å². The van der Waals surface area contributed by atoms with Crippen molar-refractivity contribution >= 4 is 17.5 Å². The maximum atomic E-state index is 12.5. The molecule has 4 rings (SSSR count). The average molecular weight is 389 g/mol. The smallest absolute Gasteiger partial charge is 0.251 e. The van der Waals surface area contributed by atoms with Gasteiger partial charge in [0.2, 0.25) is 0 Å². The quantitative estimate of drug-likeness (QED) is 0.788. The number of benzene rings is 1. The summed E-state index contributed by atoms with van der Waals surface area (Å²) >= 11 is 5.91. The maximum Gasteiger partial charge on any atom is 0.251 e. The number of aromatic nitrogens is 3. The number of nitrogens with zero attached hydrogens (tertiary/aromatic N) is 3. The third kappa shape index (κ3) is 3.73. The molecular formula is C20H25ClN4O2. The molecule has 2 aliphatic carbocycles. The Morgan fingerprint density at radius 3 is 2.67 bits per heavy atom. The molecule has 1 N–H and O–H groups in total. The van der Waals surface area contributed by atoms with Gasteiger partial charge < -0.3 is 10.1 Å². The van der Waals surface area contributed by atoms with Crippen LogP contribution >= 0.6 is 11.6 Å². The summed E-state index contributed by atoms with van der Waals surface area (Å²) in [7, 11) is 1.66. The molecule has 6 nitrogen and oxygen atoms in total. The van der Waals surface area contributed by atoms with Crippen LogP contribution in [-0.2, 0) is 11.3 Å². The van der Waals surface area contributed by atoms with Crippen LogP contribution in [0.2, 0.25) is 5.02 Å². The number of hydrogen-bond donors (Lipinski definition) is 1. The zero-order valence-electron chi connectivity index (χ0n) is 15.6. The van der Waals surface area contributed by atoms with Crippen molar-refractivity contribution < 1.29 is 9.53 Å². The topological polar surface area (TPSA) is 69.0 Å². The van der Waals surface area contributed by atoms with E-state index in [4.69, 9.17) is 16.3 Å². The number of fused-ring (bicyclic) bond motifs is 1. The maximum absolute atomic E-state index is 12.5. The Balaban J connectivity index is 1.34. The number of halogens is 1. The van der Waals surface area contributed by atoms with Crippen molar-refractivity contribution in [2.24, 2.45) is 17.8 Å². The summed E-state index contributed by atoms with van der Waals surface area (Å²) in [5, 5.41) is 12.3. The molecule has 7 heteroatoms. The van der Waals surface area contributed by atoms with E-state index in [1.807, 2.05) is 10.9 Å². The second-order valence-corrected chi connectivity index (χ2v) is 8.08. The lowest BCUT2D eigenvalue weighted by molar-refractivity contribution is 0.0926. The molecule has 0 spiro atoms. The number of hydrogen-bond acceptors (Lipinski definition) is 4. The van der Waals surface area contributed by atoms with Crippen LogP contribution in [0.3, 0.4) is 0 Å². The fourth-order valence-corrected chi connectivity index (χ4v) is 4.83. The molecule has 0 radical (unpaired) electrons. The van der Waals surface area contributed by atoms with E-state index in [1.165, 1.54) is 0 Å². The van der Waals surface area contributed by atoms with E-state index in [2.05, 4.69) is 22.6 Å². The summed E-state index contributed by atoms with van der Waals surface area (Å²) in [6, 6.07) is 7.70. The Kier molecular flexibility index (Phi) is 5.19. The zero-order chi connectivity index (χ0) is 19.0. The average Bonchev–Trinajstić information content (AvgIpc) is 3.03. The van der Waals surface area contributed by atoms with Crippen LogP contribution in [0.15, 0.2) is 30.5 Å². The predicted molar refractivity (Wildman–Crippen MR) is 102 cm³/mol. The van der Waals surface area contributed by atoms with E-state index in [9.17, 15) is 4.79 Å². The van der Waals surface area contributed by atoms with Gasteiger partial charge in [-0.3, -0.25) is 4.79 Å². The second kappa shape index (κ2) is 7.60. The molecule has 0 bridgehead atoms. The summed E-state index contributed by atoms with van der Waals surface area (Å²) in [5.41, 5.74) is 1.53. The van der Waals surface area contributed by atoms with Crippen LogP contribution in [0.4, 0.5) is 0 Å². The molecule has 0 saturated heterocycles. The summed E-state index contributed by atoms with van der Waals surface area (Å²) < 4.78 is 7.10. The van der Waals surface area contributed by atoms with E-state index in [1.54, 1.807) is 31.4 Å². The minimum absolute atomic E-state index is 0.0134. The molecule has 2 saturated carbocycles. The van der Waals surface area contributed by atoms with Crippen molar-refractivity contribution in [1.82, 2.24) is 20.3 Å². The monoisotopic (exact) mass is 388 g/mol. The minimum Gasteiger partial charge on any atom is -0.378 e. The Bertz CT molecular complexity index is 795. The van der Waals surface area contributed by atoms with Crippen molar-refractivity contribution in [2.75, 3.05) is 7.11 Å². The van der Waals surface area contributed by atoms with Crippen molar-refractivity contribution in [1.29, 1.82) is 0 Å². The molecule has 1 heterocycles. The first kappa shape index (κ1) is 18.4. The van der Waals surface area contributed by atoms with Gasteiger partial charge in [0.25, 0.3) is 5.91 Å². The first-order valence-corrected chi connectivity index (χ1v) is 9.94. The lowest BCUT2D eigenvalue weighted by Gasteiger charge is -2.21. The predicted octanol–water partition coefficient (Wildman–Crippen LogP) is 3.48. The molecule has 2 fully saturated rings. The molecular weight excluding hydrogens is 364 g/mol. The summed E-state index contributed by atoms with van der Waals surface area (Å²) in [5.74, 6) is 1.89. The number of carbonyl (C=O) groups is 1. The largest absolute Gasteiger partial charge is 0.378 e. The Labute approximate surface area is 164 Å². The zero-order valence-corrected chi connectivity index (χ0v) is 16.4. The van der Waals surface area contributed by atoms with Crippen molar-refractivity contribution in [2.45, 2.75) is 44.9 Å². The van der Waals surface area contributed by atoms with Gasteiger partial charge in [-0.1, -0.05) is 23.7 Å². The fourth-order valence-electron chi connectivity index (χ4n) is 4.71. The van der Waals surface area contributed by atoms with E-state index in [-0.39, 0.29) is 11.9 Å². The van der Waals surface area contributed by atoms with Crippen LogP contribution in [0.5, 0.6) is 0 Å². The van der Waals surface area contributed by atoms with Crippen molar-refractivity contribution in [3.8, 4) is 0 Å². The van der Waals surface area contributed by atoms with Gasteiger partial charge in [-0.25, -0.2) is 4.68 Å². The Hall–Kier alpha value is -1.92. The third-order valence-corrected chi connectivity index (χ3v) is 6.29. The molecule has 0 aliphatic heterocycles. The molecule has 1 aromatic carbocycles. The van der Waals surface area contributed by atoms with Gasteiger partial charge in [-0.2, -0.15) is 0 Å². The van der Waals surface area contributed by atoms with E-state index >= 15 is 0 Å². The molecule has 1 amide bonds. The van der Waals surface area contributed by atoms with Crippen molar-refractivity contribution in [3.63, 3.8) is 0 Å². The normalized spacial score (nSPS) is 27.2. The number of methoxy groups -OCH3 is 1. The van der Waals surface area contributed by atoms with E-state index in [0.717, 1.165) is 25.0 Å². The molecule has 1 aromatic heterocycles. The third-order valence-electron chi connectivity index (χ3n) is 6.04. The Morgan fingerprint density at radius 1 is 1.33 bits per heavy atom. The second-order valence-electron chi connectivity index (χ2n) is 7.65. The van der Waals surface area contributed by atoms with Crippen LogP contribution in [0, 0.1) is 17.8 Å². The van der Waals surface area contributed by atoms with Crippen LogP contribution in [-0.4, -0.2) is 34.1 Å². The summed E-state index contributed by atoms with van der Waals surface area (Å²) in [4.78, 5) is 12.5.